The normalized spacial score (nSPS) is 24.4. The molecule has 0 bridgehead atoms. The molecule has 0 radical (unpaired) electrons. The van der Waals surface area contributed by atoms with E-state index in [1.165, 1.54) is 25.3 Å². The fraction of sp³-hybridized carbons (Fsp3) is 0.643. The largest absolute Gasteiger partial charge is 0.417 e. The first-order valence-corrected chi connectivity index (χ1v) is 7.76. The minimum absolute atomic E-state index is 0.381. The van der Waals surface area contributed by atoms with E-state index >= 15 is 0 Å². The molecule has 112 valence electrons. The number of rotatable bonds is 3. The van der Waals surface area contributed by atoms with Gasteiger partial charge in [-0.05, 0) is 32.0 Å². The van der Waals surface area contributed by atoms with Gasteiger partial charge in [0, 0.05) is 17.5 Å². The molecule has 2 nitrogen and oxygen atoms in total. The van der Waals surface area contributed by atoms with Crippen molar-refractivity contribution in [3.05, 3.63) is 23.9 Å². The number of aromatic nitrogens is 1. The van der Waals surface area contributed by atoms with Gasteiger partial charge in [-0.2, -0.15) is 13.2 Å². The van der Waals surface area contributed by atoms with Crippen molar-refractivity contribution in [3.8, 4) is 0 Å². The van der Waals surface area contributed by atoms with Crippen LogP contribution < -0.4 is 5.32 Å². The molecule has 2 rings (SSSR count). The molecular weight excluding hydrogens is 285 g/mol. The molecule has 1 aromatic heterocycles. The van der Waals surface area contributed by atoms with Crippen molar-refractivity contribution < 1.29 is 13.2 Å². The Hall–Kier alpha value is -0.750. The van der Waals surface area contributed by atoms with Crippen LogP contribution in [0, 0.1) is 0 Å². The van der Waals surface area contributed by atoms with Gasteiger partial charge in [-0.15, -0.1) is 11.8 Å². The van der Waals surface area contributed by atoms with Crippen molar-refractivity contribution in [2.75, 3.05) is 7.05 Å². The summed E-state index contributed by atoms with van der Waals surface area (Å²) in [6, 6.07) is 3.00. The maximum Gasteiger partial charge on any atom is 0.417 e. The first-order chi connectivity index (χ1) is 9.50. The maximum atomic E-state index is 12.5. The van der Waals surface area contributed by atoms with Crippen molar-refractivity contribution in [3.63, 3.8) is 0 Å². The number of hydrogen-bond acceptors (Lipinski definition) is 3. The zero-order chi connectivity index (χ0) is 14.6. The maximum absolute atomic E-state index is 12.5. The third-order valence-corrected chi connectivity index (χ3v) is 5.01. The highest BCUT2D eigenvalue weighted by atomic mass is 32.2. The van der Waals surface area contributed by atoms with E-state index in [-0.39, 0.29) is 0 Å². The van der Waals surface area contributed by atoms with E-state index in [0.29, 0.717) is 16.3 Å². The van der Waals surface area contributed by atoms with Gasteiger partial charge in [-0.3, -0.25) is 0 Å². The number of nitrogens with one attached hydrogen (secondary N) is 1. The van der Waals surface area contributed by atoms with E-state index in [2.05, 4.69) is 10.3 Å². The van der Waals surface area contributed by atoms with Crippen LogP contribution >= 0.6 is 11.8 Å². The van der Waals surface area contributed by atoms with Crippen LogP contribution in [0.2, 0.25) is 0 Å². The third kappa shape index (κ3) is 4.12. The Kier molecular flexibility index (Phi) is 5.32. The Labute approximate surface area is 121 Å². The zero-order valence-corrected chi connectivity index (χ0v) is 12.2. The molecule has 1 aliphatic carbocycles. The number of pyridine rings is 1. The first-order valence-electron chi connectivity index (χ1n) is 6.88. The van der Waals surface area contributed by atoms with E-state index in [1.807, 2.05) is 7.05 Å². The Bertz CT molecular complexity index is 419. The highest BCUT2D eigenvalue weighted by Crippen LogP contribution is 2.34. The molecule has 1 saturated carbocycles. The van der Waals surface area contributed by atoms with Gasteiger partial charge in [-0.1, -0.05) is 19.3 Å². The van der Waals surface area contributed by atoms with Crippen LogP contribution in [0.1, 0.15) is 37.7 Å². The molecule has 20 heavy (non-hydrogen) atoms. The highest BCUT2D eigenvalue weighted by Gasteiger charge is 2.31. The molecule has 1 aliphatic rings. The number of nitrogens with zero attached hydrogens (tertiary/aromatic N) is 1. The summed E-state index contributed by atoms with van der Waals surface area (Å²) in [5.74, 6) is 0. The SMILES string of the molecule is CNC1CCCCCC1Sc1ccc(C(F)(F)F)cn1. The number of hydrogen-bond donors (Lipinski definition) is 1. The van der Waals surface area contributed by atoms with Gasteiger partial charge in [-0.25, -0.2) is 4.98 Å². The van der Waals surface area contributed by atoms with Gasteiger partial charge in [0.2, 0.25) is 0 Å². The van der Waals surface area contributed by atoms with E-state index < -0.39 is 11.7 Å². The predicted molar refractivity (Wildman–Crippen MR) is 74.8 cm³/mol. The van der Waals surface area contributed by atoms with E-state index in [1.54, 1.807) is 11.8 Å². The third-order valence-electron chi connectivity index (χ3n) is 3.66. The van der Waals surface area contributed by atoms with Crippen molar-refractivity contribution in [1.29, 1.82) is 0 Å². The lowest BCUT2D eigenvalue weighted by molar-refractivity contribution is -0.137. The minimum Gasteiger partial charge on any atom is -0.316 e. The summed E-state index contributed by atoms with van der Waals surface area (Å²) in [6.45, 7) is 0. The second-order valence-corrected chi connectivity index (χ2v) is 6.33. The molecular formula is C14H19F3N2S. The summed E-state index contributed by atoms with van der Waals surface area (Å²) in [5.41, 5.74) is -0.687. The van der Waals surface area contributed by atoms with Gasteiger partial charge in [0.1, 0.15) is 0 Å². The Balaban J connectivity index is 2.04. The highest BCUT2D eigenvalue weighted by molar-refractivity contribution is 7.99. The molecule has 1 N–H and O–H groups in total. The summed E-state index contributed by atoms with van der Waals surface area (Å²) < 4.78 is 37.5. The topological polar surface area (TPSA) is 24.9 Å². The van der Waals surface area contributed by atoms with E-state index in [0.717, 1.165) is 25.1 Å². The molecule has 6 heteroatoms. The summed E-state index contributed by atoms with van der Waals surface area (Å²) >= 11 is 1.59. The molecule has 1 fully saturated rings. The van der Waals surface area contributed by atoms with Crippen LogP contribution in [0.15, 0.2) is 23.4 Å². The monoisotopic (exact) mass is 304 g/mol. The summed E-state index contributed by atoms with van der Waals surface area (Å²) in [6.07, 6.45) is 2.43. The summed E-state index contributed by atoms with van der Waals surface area (Å²) in [5, 5.41) is 4.37. The van der Waals surface area contributed by atoms with Crippen LogP contribution in [-0.2, 0) is 6.18 Å². The Morgan fingerprint density at radius 2 is 1.95 bits per heavy atom. The second-order valence-electron chi connectivity index (χ2n) is 5.07. The van der Waals surface area contributed by atoms with Crippen LogP contribution in [0.4, 0.5) is 13.2 Å². The van der Waals surface area contributed by atoms with Crippen LogP contribution in [0.3, 0.4) is 0 Å². The standard InChI is InChI=1S/C14H19F3N2S/c1-18-11-5-3-2-4-6-12(11)20-13-8-7-10(9-19-13)14(15,16)17/h7-9,11-12,18H,2-6H2,1H3. The number of alkyl halides is 3. The average molecular weight is 304 g/mol. The molecule has 0 aromatic carbocycles. The fourth-order valence-electron chi connectivity index (χ4n) is 2.52. The Morgan fingerprint density at radius 1 is 1.20 bits per heavy atom. The van der Waals surface area contributed by atoms with Gasteiger partial charge < -0.3 is 5.32 Å². The molecule has 0 aliphatic heterocycles. The molecule has 2 atom stereocenters. The minimum atomic E-state index is -4.31. The van der Waals surface area contributed by atoms with Crippen LogP contribution in [-0.4, -0.2) is 23.3 Å². The van der Waals surface area contributed by atoms with Crippen molar-refractivity contribution in [2.24, 2.45) is 0 Å². The fourth-order valence-corrected chi connectivity index (χ4v) is 3.81. The molecule has 0 amide bonds. The lowest BCUT2D eigenvalue weighted by Gasteiger charge is -2.23. The lowest BCUT2D eigenvalue weighted by Crippen LogP contribution is -2.34. The molecule has 2 unspecified atom stereocenters. The van der Waals surface area contributed by atoms with Gasteiger partial charge in [0.05, 0.1) is 10.6 Å². The smallest absolute Gasteiger partial charge is 0.316 e. The predicted octanol–water partition coefficient (Wildman–Crippen LogP) is 4.11. The van der Waals surface area contributed by atoms with E-state index in [4.69, 9.17) is 0 Å². The lowest BCUT2D eigenvalue weighted by atomic mass is 10.1. The van der Waals surface area contributed by atoms with Crippen molar-refractivity contribution in [2.45, 2.75) is 54.6 Å². The van der Waals surface area contributed by atoms with Crippen LogP contribution in [0.25, 0.3) is 0 Å². The molecule has 0 spiro atoms. The molecule has 1 heterocycles. The van der Waals surface area contributed by atoms with Crippen molar-refractivity contribution in [1.82, 2.24) is 10.3 Å². The first kappa shape index (κ1) is 15.6. The number of thioether (sulfide) groups is 1. The molecule has 0 saturated heterocycles. The average Bonchev–Trinajstić information content (AvgIpc) is 2.63. The van der Waals surface area contributed by atoms with Gasteiger partial charge in [0.25, 0.3) is 0 Å². The number of halogens is 3. The summed E-state index contributed by atoms with van der Waals surface area (Å²) in [7, 11) is 1.95. The molecule has 1 aromatic rings. The zero-order valence-electron chi connectivity index (χ0n) is 11.4. The van der Waals surface area contributed by atoms with Gasteiger partial charge in [0.15, 0.2) is 0 Å². The van der Waals surface area contributed by atoms with Crippen molar-refractivity contribution >= 4 is 11.8 Å². The van der Waals surface area contributed by atoms with Crippen LogP contribution in [0.5, 0.6) is 0 Å². The Morgan fingerprint density at radius 3 is 2.55 bits per heavy atom. The quantitative estimate of drug-likeness (QED) is 0.851. The summed E-state index contributed by atoms with van der Waals surface area (Å²) in [4.78, 5) is 3.95. The second kappa shape index (κ2) is 6.80. The van der Waals surface area contributed by atoms with Gasteiger partial charge >= 0.3 is 6.18 Å². The van der Waals surface area contributed by atoms with E-state index in [9.17, 15) is 13.2 Å².